The van der Waals surface area contributed by atoms with Crippen molar-refractivity contribution in [2.24, 2.45) is 0 Å². The summed E-state index contributed by atoms with van der Waals surface area (Å²) in [5.41, 5.74) is 7.42. The molecule has 0 radical (unpaired) electrons. The second-order valence-electron chi connectivity index (χ2n) is 6.18. The Balaban J connectivity index is 2.69. The van der Waals surface area contributed by atoms with Gasteiger partial charge in [0, 0.05) is 5.56 Å². The van der Waals surface area contributed by atoms with E-state index in [9.17, 15) is 0 Å². The molecule has 0 spiro atoms. The van der Waals surface area contributed by atoms with Gasteiger partial charge in [-0.05, 0) is 49.6 Å². The van der Waals surface area contributed by atoms with Gasteiger partial charge < -0.3 is 0 Å². The fourth-order valence-corrected chi connectivity index (χ4v) is 2.71. The molecule has 1 aromatic heterocycles. The number of benzene rings is 1. The third-order valence-corrected chi connectivity index (χ3v) is 4.21. The molecule has 0 atom stereocenters. The van der Waals surface area contributed by atoms with Crippen molar-refractivity contribution in [2.75, 3.05) is 0 Å². The molecule has 0 unspecified atom stereocenters. The van der Waals surface area contributed by atoms with E-state index in [4.69, 9.17) is 4.98 Å². The first-order chi connectivity index (χ1) is 13.1. The number of pyridine rings is 1. The number of allylic oxidation sites excluding steroid dienone is 10. The number of aryl methyl sites for hydroxylation is 1. The van der Waals surface area contributed by atoms with Gasteiger partial charge in [0.15, 0.2) is 0 Å². The number of rotatable bonds is 7. The SMILES string of the molecule is C=C/C=C\C(=C/C)c1cc(/C(C=C)=C/C=C\C)nc(-c2ccc(C)cc2)c1. The second kappa shape index (κ2) is 10.1. The highest BCUT2D eigenvalue weighted by molar-refractivity contribution is 5.81. The average molecular weight is 354 g/mol. The predicted octanol–water partition coefficient (Wildman–Crippen LogP) is 7.35. The minimum absolute atomic E-state index is 0.905. The summed E-state index contributed by atoms with van der Waals surface area (Å²) in [4.78, 5) is 4.91. The topological polar surface area (TPSA) is 12.9 Å². The maximum Gasteiger partial charge on any atom is 0.0715 e. The van der Waals surface area contributed by atoms with Gasteiger partial charge in [-0.25, -0.2) is 4.98 Å². The van der Waals surface area contributed by atoms with Crippen LogP contribution >= 0.6 is 0 Å². The maximum atomic E-state index is 4.91. The van der Waals surface area contributed by atoms with Gasteiger partial charge in [0.1, 0.15) is 0 Å². The van der Waals surface area contributed by atoms with Gasteiger partial charge in [0.2, 0.25) is 0 Å². The Morgan fingerprint density at radius 3 is 2.30 bits per heavy atom. The summed E-state index contributed by atoms with van der Waals surface area (Å²) in [7, 11) is 0. The lowest BCUT2D eigenvalue weighted by molar-refractivity contribution is 1.27. The molecule has 0 bridgehead atoms. The molecular formula is C26H27N. The van der Waals surface area contributed by atoms with Crippen LogP contribution in [-0.2, 0) is 0 Å². The molecule has 2 aromatic rings. The summed E-state index contributed by atoms with van der Waals surface area (Å²) >= 11 is 0. The summed E-state index contributed by atoms with van der Waals surface area (Å²) in [5.74, 6) is 0. The number of hydrogen-bond donors (Lipinski definition) is 0. The summed E-state index contributed by atoms with van der Waals surface area (Å²) in [6.45, 7) is 13.9. The van der Waals surface area contributed by atoms with Crippen LogP contribution in [0.15, 0.2) is 98.2 Å². The molecule has 0 fully saturated rings. The van der Waals surface area contributed by atoms with Crippen molar-refractivity contribution < 1.29 is 0 Å². The predicted molar refractivity (Wildman–Crippen MR) is 120 cm³/mol. The van der Waals surface area contributed by atoms with Crippen LogP contribution in [0.4, 0.5) is 0 Å². The monoisotopic (exact) mass is 353 g/mol. The minimum atomic E-state index is 0.905. The Morgan fingerprint density at radius 1 is 0.963 bits per heavy atom. The third-order valence-electron chi connectivity index (χ3n) is 4.21. The molecule has 0 saturated carbocycles. The van der Waals surface area contributed by atoms with Crippen LogP contribution < -0.4 is 0 Å². The van der Waals surface area contributed by atoms with Crippen LogP contribution in [0.25, 0.3) is 22.4 Å². The van der Waals surface area contributed by atoms with Crippen molar-refractivity contribution in [2.45, 2.75) is 20.8 Å². The van der Waals surface area contributed by atoms with Crippen molar-refractivity contribution in [3.8, 4) is 11.3 Å². The van der Waals surface area contributed by atoms with Gasteiger partial charge >= 0.3 is 0 Å². The van der Waals surface area contributed by atoms with E-state index < -0.39 is 0 Å². The molecule has 1 aromatic carbocycles. The van der Waals surface area contributed by atoms with Crippen molar-refractivity contribution in [3.63, 3.8) is 0 Å². The average Bonchev–Trinajstić information content (AvgIpc) is 2.69. The van der Waals surface area contributed by atoms with Crippen LogP contribution in [0, 0.1) is 6.92 Å². The first kappa shape index (κ1) is 20.1. The third kappa shape index (κ3) is 5.39. The lowest BCUT2D eigenvalue weighted by Crippen LogP contribution is -1.95. The standard InChI is InChI=1S/C26H27N/c1-6-10-12-21(8-3)24-18-25(22(9-4)13-11-7-2)27-26(19-24)23-16-14-20(5)15-17-23/h6-19H,1,4H2,2-3,5H3/b11-7-,12-10-,21-8+,22-13+. The lowest BCUT2D eigenvalue weighted by Gasteiger charge is -2.11. The molecule has 0 amide bonds. The molecule has 2 rings (SSSR count). The first-order valence-corrected chi connectivity index (χ1v) is 9.13. The second-order valence-corrected chi connectivity index (χ2v) is 6.18. The molecule has 1 heterocycles. The van der Waals surface area contributed by atoms with E-state index in [1.165, 1.54) is 5.56 Å². The van der Waals surface area contributed by atoms with E-state index in [2.05, 4.69) is 68.6 Å². The highest BCUT2D eigenvalue weighted by Crippen LogP contribution is 2.27. The van der Waals surface area contributed by atoms with Crippen molar-refractivity contribution in [3.05, 3.63) is 115 Å². The molecule has 0 aliphatic heterocycles. The van der Waals surface area contributed by atoms with Gasteiger partial charge in [-0.3, -0.25) is 0 Å². The smallest absolute Gasteiger partial charge is 0.0715 e. The van der Waals surface area contributed by atoms with E-state index in [0.717, 1.165) is 33.7 Å². The Bertz CT molecular complexity index is 919. The van der Waals surface area contributed by atoms with E-state index in [1.807, 2.05) is 44.2 Å². The molecule has 0 aliphatic rings. The van der Waals surface area contributed by atoms with Gasteiger partial charge in [-0.2, -0.15) is 0 Å². The van der Waals surface area contributed by atoms with Gasteiger partial charge in [-0.1, -0.05) is 91.6 Å². The van der Waals surface area contributed by atoms with Gasteiger partial charge in [0.05, 0.1) is 11.4 Å². The fraction of sp³-hybridized carbons (Fsp3) is 0.115. The highest BCUT2D eigenvalue weighted by atomic mass is 14.7. The largest absolute Gasteiger partial charge is 0.248 e. The van der Waals surface area contributed by atoms with Crippen LogP contribution in [0.3, 0.4) is 0 Å². The maximum absolute atomic E-state index is 4.91. The molecule has 0 saturated heterocycles. The van der Waals surface area contributed by atoms with Crippen LogP contribution in [0.5, 0.6) is 0 Å². The minimum Gasteiger partial charge on any atom is -0.248 e. The van der Waals surface area contributed by atoms with Crippen molar-refractivity contribution in [1.29, 1.82) is 0 Å². The molecule has 1 nitrogen and oxygen atoms in total. The Morgan fingerprint density at radius 2 is 1.70 bits per heavy atom. The molecule has 136 valence electrons. The van der Waals surface area contributed by atoms with Crippen molar-refractivity contribution in [1.82, 2.24) is 4.98 Å². The summed E-state index contributed by atoms with van der Waals surface area (Å²) in [6, 6.07) is 12.7. The number of aromatic nitrogens is 1. The van der Waals surface area contributed by atoms with Crippen LogP contribution in [0.2, 0.25) is 0 Å². The number of hydrogen-bond acceptors (Lipinski definition) is 1. The molecule has 0 N–H and O–H groups in total. The molecule has 27 heavy (non-hydrogen) atoms. The molecule has 0 aliphatic carbocycles. The Kier molecular flexibility index (Phi) is 7.51. The van der Waals surface area contributed by atoms with Crippen LogP contribution in [0.1, 0.15) is 30.7 Å². The van der Waals surface area contributed by atoms with E-state index in [1.54, 1.807) is 6.08 Å². The first-order valence-electron chi connectivity index (χ1n) is 9.13. The fourth-order valence-electron chi connectivity index (χ4n) is 2.71. The summed E-state index contributed by atoms with van der Waals surface area (Å²) < 4.78 is 0. The van der Waals surface area contributed by atoms with Gasteiger partial charge in [-0.15, -0.1) is 0 Å². The molecule has 1 heteroatoms. The Labute approximate surface area is 163 Å². The van der Waals surface area contributed by atoms with Gasteiger partial charge in [0.25, 0.3) is 0 Å². The Hall–Kier alpha value is -3.19. The quantitative estimate of drug-likeness (QED) is 0.474. The van der Waals surface area contributed by atoms with E-state index >= 15 is 0 Å². The zero-order valence-electron chi connectivity index (χ0n) is 16.4. The zero-order chi connectivity index (χ0) is 19.6. The molecular weight excluding hydrogens is 326 g/mol. The normalized spacial score (nSPS) is 12.7. The number of nitrogens with zero attached hydrogens (tertiary/aromatic N) is 1. The summed E-state index contributed by atoms with van der Waals surface area (Å²) in [6.07, 6.45) is 15.8. The summed E-state index contributed by atoms with van der Waals surface area (Å²) in [5, 5.41) is 0. The van der Waals surface area contributed by atoms with Crippen LogP contribution in [-0.4, -0.2) is 4.98 Å². The highest BCUT2D eigenvalue weighted by Gasteiger charge is 2.09. The van der Waals surface area contributed by atoms with Crippen molar-refractivity contribution >= 4 is 11.1 Å². The van der Waals surface area contributed by atoms with E-state index in [-0.39, 0.29) is 0 Å². The zero-order valence-corrected chi connectivity index (χ0v) is 16.4. The lowest BCUT2D eigenvalue weighted by atomic mass is 9.99. The van der Waals surface area contributed by atoms with E-state index in [0.29, 0.717) is 0 Å².